The topological polar surface area (TPSA) is 55.8 Å². The van der Waals surface area contributed by atoms with Crippen LogP contribution < -0.4 is 4.74 Å². The Kier molecular flexibility index (Phi) is 4.44. The lowest BCUT2D eigenvalue weighted by atomic mass is 10.2. The van der Waals surface area contributed by atoms with Crippen molar-refractivity contribution in [3.63, 3.8) is 0 Å². The van der Waals surface area contributed by atoms with Crippen molar-refractivity contribution in [3.05, 3.63) is 23.8 Å². The Morgan fingerprint density at radius 2 is 2.00 bits per heavy atom. The van der Waals surface area contributed by atoms with Gasteiger partial charge >= 0.3 is 0 Å². The Labute approximate surface area is 114 Å². The van der Waals surface area contributed by atoms with Crippen LogP contribution in [0.2, 0.25) is 0 Å². The number of morpholine rings is 1. The second-order valence-corrected chi connectivity index (χ2v) is 6.65. The van der Waals surface area contributed by atoms with E-state index in [9.17, 15) is 8.42 Å². The Bertz CT molecular complexity index is 536. The monoisotopic (exact) mass is 285 g/mol. The van der Waals surface area contributed by atoms with Crippen molar-refractivity contribution in [2.75, 3.05) is 39.7 Å². The molecule has 1 aliphatic rings. The number of sulfone groups is 1. The van der Waals surface area contributed by atoms with E-state index in [1.807, 2.05) is 6.07 Å². The largest absolute Gasteiger partial charge is 0.496 e. The van der Waals surface area contributed by atoms with Gasteiger partial charge in [-0.3, -0.25) is 4.90 Å². The molecule has 6 heteroatoms. The minimum absolute atomic E-state index is 0.287. The molecule has 1 aliphatic heterocycles. The van der Waals surface area contributed by atoms with Crippen LogP contribution in [0.25, 0.3) is 0 Å². The van der Waals surface area contributed by atoms with Crippen molar-refractivity contribution in [2.24, 2.45) is 0 Å². The summed E-state index contributed by atoms with van der Waals surface area (Å²) in [7, 11) is -1.64. The molecule has 0 bridgehead atoms. The summed E-state index contributed by atoms with van der Waals surface area (Å²) in [4.78, 5) is 2.55. The van der Waals surface area contributed by atoms with E-state index in [0.29, 0.717) is 5.75 Å². The smallest absolute Gasteiger partial charge is 0.175 e. The number of rotatable bonds is 4. The zero-order valence-electron chi connectivity index (χ0n) is 11.3. The van der Waals surface area contributed by atoms with Crippen LogP contribution in [-0.4, -0.2) is 53.0 Å². The molecule has 1 fully saturated rings. The Hall–Kier alpha value is -1.11. The van der Waals surface area contributed by atoms with Crippen molar-refractivity contribution < 1.29 is 17.9 Å². The van der Waals surface area contributed by atoms with Gasteiger partial charge in [0.05, 0.1) is 25.2 Å². The molecular weight excluding hydrogens is 266 g/mol. The Balaban J connectivity index is 2.20. The van der Waals surface area contributed by atoms with Crippen LogP contribution in [0.4, 0.5) is 0 Å². The molecule has 0 aliphatic carbocycles. The van der Waals surface area contributed by atoms with Gasteiger partial charge in [0, 0.05) is 31.5 Å². The summed E-state index contributed by atoms with van der Waals surface area (Å²) >= 11 is 0. The van der Waals surface area contributed by atoms with Gasteiger partial charge in [-0.05, 0) is 12.1 Å². The number of nitrogens with zero attached hydrogens (tertiary/aromatic N) is 1. The molecule has 19 heavy (non-hydrogen) atoms. The molecule has 1 heterocycles. The molecule has 0 atom stereocenters. The van der Waals surface area contributed by atoms with E-state index in [0.717, 1.165) is 38.4 Å². The number of hydrogen-bond acceptors (Lipinski definition) is 5. The van der Waals surface area contributed by atoms with E-state index in [1.165, 1.54) is 6.26 Å². The summed E-state index contributed by atoms with van der Waals surface area (Å²) in [5.74, 6) is 0.620. The van der Waals surface area contributed by atoms with E-state index >= 15 is 0 Å². The summed E-state index contributed by atoms with van der Waals surface area (Å²) in [5, 5.41) is 0. The lowest BCUT2D eigenvalue weighted by molar-refractivity contribution is 0.0339. The number of ether oxygens (including phenoxy) is 2. The van der Waals surface area contributed by atoms with Gasteiger partial charge in [0.25, 0.3) is 0 Å². The quantitative estimate of drug-likeness (QED) is 0.824. The number of benzene rings is 1. The highest BCUT2D eigenvalue weighted by molar-refractivity contribution is 7.90. The first-order chi connectivity index (χ1) is 9.00. The average Bonchev–Trinajstić information content (AvgIpc) is 2.39. The summed E-state index contributed by atoms with van der Waals surface area (Å²) < 4.78 is 33.6. The molecule has 0 radical (unpaired) electrons. The lowest BCUT2D eigenvalue weighted by Gasteiger charge is -2.27. The molecule has 1 saturated heterocycles. The van der Waals surface area contributed by atoms with Gasteiger partial charge in [-0.15, -0.1) is 0 Å². The molecule has 2 rings (SSSR count). The fourth-order valence-electron chi connectivity index (χ4n) is 2.09. The molecule has 0 amide bonds. The number of hydrogen-bond donors (Lipinski definition) is 0. The van der Waals surface area contributed by atoms with Crippen molar-refractivity contribution in [3.8, 4) is 5.75 Å². The molecule has 106 valence electrons. The minimum atomic E-state index is -3.20. The van der Waals surface area contributed by atoms with Crippen LogP contribution in [0.1, 0.15) is 5.56 Å². The molecule has 5 nitrogen and oxygen atoms in total. The highest BCUT2D eigenvalue weighted by atomic mass is 32.2. The summed E-state index contributed by atoms with van der Waals surface area (Å²) in [6.07, 6.45) is 1.20. The third-order valence-electron chi connectivity index (χ3n) is 3.18. The molecular formula is C13H19NO4S. The minimum Gasteiger partial charge on any atom is -0.496 e. The van der Waals surface area contributed by atoms with E-state index in [-0.39, 0.29) is 4.90 Å². The average molecular weight is 285 g/mol. The molecule has 0 spiro atoms. The van der Waals surface area contributed by atoms with Crippen molar-refractivity contribution in [1.82, 2.24) is 4.90 Å². The maximum Gasteiger partial charge on any atom is 0.175 e. The molecule has 0 saturated carbocycles. The summed E-state index contributed by atoms with van der Waals surface area (Å²) in [6.45, 7) is 4.00. The van der Waals surface area contributed by atoms with Crippen molar-refractivity contribution in [1.29, 1.82) is 0 Å². The Morgan fingerprint density at radius 3 is 2.58 bits per heavy atom. The zero-order valence-corrected chi connectivity index (χ0v) is 12.1. The van der Waals surface area contributed by atoms with Crippen LogP contribution in [0.3, 0.4) is 0 Å². The fraction of sp³-hybridized carbons (Fsp3) is 0.538. The second-order valence-electron chi connectivity index (χ2n) is 4.63. The van der Waals surface area contributed by atoms with E-state index in [4.69, 9.17) is 9.47 Å². The third kappa shape index (κ3) is 3.68. The first-order valence-electron chi connectivity index (χ1n) is 6.18. The lowest BCUT2D eigenvalue weighted by Crippen LogP contribution is -2.35. The van der Waals surface area contributed by atoms with Gasteiger partial charge < -0.3 is 9.47 Å². The first kappa shape index (κ1) is 14.3. The summed E-state index contributed by atoms with van der Waals surface area (Å²) in [5.41, 5.74) is 0.997. The molecule has 0 N–H and O–H groups in total. The van der Waals surface area contributed by atoms with Crippen LogP contribution >= 0.6 is 0 Å². The van der Waals surface area contributed by atoms with Gasteiger partial charge in [-0.25, -0.2) is 8.42 Å². The zero-order chi connectivity index (χ0) is 13.9. The van der Waals surface area contributed by atoms with Crippen LogP contribution in [0.5, 0.6) is 5.75 Å². The Morgan fingerprint density at radius 1 is 1.32 bits per heavy atom. The van der Waals surface area contributed by atoms with E-state index in [1.54, 1.807) is 19.2 Å². The van der Waals surface area contributed by atoms with Gasteiger partial charge in [0.1, 0.15) is 5.75 Å². The van der Waals surface area contributed by atoms with E-state index in [2.05, 4.69) is 4.90 Å². The molecule has 1 aromatic carbocycles. The maximum atomic E-state index is 11.5. The van der Waals surface area contributed by atoms with Crippen LogP contribution in [0.15, 0.2) is 23.1 Å². The maximum absolute atomic E-state index is 11.5. The first-order valence-corrected chi connectivity index (χ1v) is 8.07. The summed E-state index contributed by atoms with van der Waals surface area (Å²) in [6, 6.07) is 5.05. The van der Waals surface area contributed by atoms with E-state index < -0.39 is 9.84 Å². The third-order valence-corrected chi connectivity index (χ3v) is 4.29. The normalized spacial score (nSPS) is 17.4. The number of methoxy groups -OCH3 is 1. The fourth-order valence-corrected chi connectivity index (χ4v) is 2.72. The van der Waals surface area contributed by atoms with Crippen molar-refractivity contribution >= 4 is 9.84 Å². The van der Waals surface area contributed by atoms with Crippen molar-refractivity contribution in [2.45, 2.75) is 11.4 Å². The van der Waals surface area contributed by atoms with Crippen LogP contribution in [-0.2, 0) is 21.1 Å². The standard InChI is InChI=1S/C13H19NO4S/c1-17-13-9-12(19(2,15)16)4-3-11(13)10-14-5-7-18-8-6-14/h3-4,9H,5-8,10H2,1-2H3. The predicted octanol–water partition coefficient (Wildman–Crippen LogP) is 0.931. The van der Waals surface area contributed by atoms with Gasteiger partial charge in [0.2, 0.25) is 0 Å². The van der Waals surface area contributed by atoms with Crippen LogP contribution in [0, 0.1) is 0 Å². The molecule has 0 aromatic heterocycles. The highest BCUT2D eigenvalue weighted by Gasteiger charge is 2.15. The van der Waals surface area contributed by atoms with Gasteiger partial charge in [0.15, 0.2) is 9.84 Å². The second kappa shape index (κ2) is 5.90. The van der Waals surface area contributed by atoms with Gasteiger partial charge in [-0.1, -0.05) is 6.07 Å². The predicted molar refractivity (Wildman–Crippen MR) is 72.2 cm³/mol. The van der Waals surface area contributed by atoms with Gasteiger partial charge in [-0.2, -0.15) is 0 Å². The highest BCUT2D eigenvalue weighted by Crippen LogP contribution is 2.24. The molecule has 1 aromatic rings. The molecule has 0 unspecified atom stereocenters. The SMILES string of the molecule is COc1cc(S(C)(=O)=O)ccc1CN1CCOCC1.